The van der Waals surface area contributed by atoms with Gasteiger partial charge in [-0.05, 0) is 19.1 Å². The van der Waals surface area contributed by atoms with E-state index in [1.54, 1.807) is 6.20 Å². The number of aryl methyl sites for hydroxylation is 1. The smallest absolute Gasteiger partial charge is 0.243 e. The second-order valence-electron chi connectivity index (χ2n) is 4.22. The molecule has 0 aliphatic carbocycles. The molecule has 5 nitrogen and oxygen atoms in total. The molecule has 0 aliphatic rings. The third kappa shape index (κ3) is 3.86. The Morgan fingerprint density at radius 3 is 2.76 bits per heavy atom. The van der Waals surface area contributed by atoms with E-state index in [0.717, 1.165) is 10.9 Å². The summed E-state index contributed by atoms with van der Waals surface area (Å²) >= 11 is 4.46. The highest BCUT2D eigenvalue weighted by Crippen LogP contribution is 2.24. The van der Waals surface area contributed by atoms with Crippen molar-refractivity contribution < 1.29 is 17.9 Å². The van der Waals surface area contributed by atoms with Gasteiger partial charge in [-0.25, -0.2) is 22.5 Å². The molecule has 1 aromatic heterocycles. The molecule has 0 amide bonds. The Balaban J connectivity index is 2.29. The number of aromatic nitrogens is 1. The third-order valence-electron chi connectivity index (χ3n) is 2.62. The quantitative estimate of drug-likeness (QED) is 0.815. The second kappa shape index (κ2) is 6.49. The van der Waals surface area contributed by atoms with Crippen molar-refractivity contribution in [1.82, 2.24) is 9.71 Å². The molecule has 0 saturated heterocycles. The Labute approximate surface area is 134 Å². The van der Waals surface area contributed by atoms with Crippen LogP contribution in [0, 0.1) is 12.7 Å². The Kier molecular flexibility index (Phi) is 5.10. The number of benzene rings is 1. The lowest BCUT2D eigenvalue weighted by Crippen LogP contribution is -2.24. The lowest BCUT2D eigenvalue weighted by atomic mass is 10.2. The van der Waals surface area contributed by atoms with Crippen LogP contribution in [-0.2, 0) is 23.2 Å². The van der Waals surface area contributed by atoms with E-state index in [2.05, 4.69) is 25.6 Å². The van der Waals surface area contributed by atoms with Crippen molar-refractivity contribution in [3.8, 4) is 0 Å². The fourth-order valence-corrected chi connectivity index (χ4v) is 4.25. The topological polar surface area (TPSA) is 79.3 Å². The molecule has 0 atom stereocenters. The van der Waals surface area contributed by atoms with Gasteiger partial charge in [-0.3, -0.25) is 0 Å². The summed E-state index contributed by atoms with van der Waals surface area (Å²) in [5.41, 5.74) is -0.0881. The van der Waals surface area contributed by atoms with Crippen LogP contribution in [0.1, 0.15) is 15.4 Å². The van der Waals surface area contributed by atoms with E-state index < -0.39 is 27.3 Å². The van der Waals surface area contributed by atoms with Crippen LogP contribution in [-0.4, -0.2) is 18.5 Å². The van der Waals surface area contributed by atoms with Crippen molar-refractivity contribution in [3.63, 3.8) is 0 Å². The van der Waals surface area contributed by atoms with Crippen molar-refractivity contribution in [2.45, 2.75) is 25.0 Å². The standard InChI is InChI=1S/C12H12BrFN2O3S2/c1-7-4-15-11(20-7)5-16-21(18,19)10-3-9(13)2-8(6-17)12(10)14/h2-4,16-17H,5-6H2,1H3. The molecule has 1 heterocycles. The number of nitrogens with zero attached hydrogens (tertiary/aromatic N) is 1. The first kappa shape index (κ1) is 16.5. The molecular formula is C12H12BrFN2O3S2. The molecule has 2 aromatic rings. The van der Waals surface area contributed by atoms with E-state index in [1.807, 2.05) is 6.92 Å². The molecule has 9 heteroatoms. The van der Waals surface area contributed by atoms with Crippen LogP contribution >= 0.6 is 27.3 Å². The van der Waals surface area contributed by atoms with Gasteiger partial charge >= 0.3 is 0 Å². The zero-order chi connectivity index (χ0) is 15.6. The number of hydrogen-bond acceptors (Lipinski definition) is 5. The van der Waals surface area contributed by atoms with Crippen LogP contribution < -0.4 is 4.72 Å². The SMILES string of the molecule is Cc1cnc(CNS(=O)(=O)c2cc(Br)cc(CO)c2F)s1. The summed E-state index contributed by atoms with van der Waals surface area (Å²) in [4.78, 5) is 4.49. The highest BCUT2D eigenvalue weighted by atomic mass is 79.9. The van der Waals surface area contributed by atoms with Crippen molar-refractivity contribution in [1.29, 1.82) is 0 Å². The van der Waals surface area contributed by atoms with Crippen LogP contribution in [0.2, 0.25) is 0 Å². The maximum Gasteiger partial charge on any atom is 0.243 e. The summed E-state index contributed by atoms with van der Waals surface area (Å²) < 4.78 is 41.1. The number of nitrogens with one attached hydrogen (secondary N) is 1. The number of aliphatic hydroxyl groups is 1. The van der Waals surface area contributed by atoms with E-state index >= 15 is 0 Å². The second-order valence-corrected chi connectivity index (χ2v) is 8.19. The van der Waals surface area contributed by atoms with Crippen LogP contribution in [0.25, 0.3) is 0 Å². The number of sulfonamides is 1. The maximum atomic E-state index is 14.1. The monoisotopic (exact) mass is 394 g/mol. The van der Waals surface area contributed by atoms with Gasteiger partial charge in [-0.1, -0.05) is 15.9 Å². The van der Waals surface area contributed by atoms with Gasteiger partial charge in [0.15, 0.2) is 0 Å². The lowest BCUT2D eigenvalue weighted by Gasteiger charge is -2.09. The average molecular weight is 395 g/mol. The summed E-state index contributed by atoms with van der Waals surface area (Å²) in [6.45, 7) is 1.26. The van der Waals surface area contributed by atoms with Crippen molar-refractivity contribution in [3.05, 3.63) is 44.1 Å². The third-order valence-corrected chi connectivity index (χ3v) is 5.39. The highest BCUT2D eigenvalue weighted by molar-refractivity contribution is 9.10. The van der Waals surface area contributed by atoms with E-state index in [1.165, 1.54) is 17.4 Å². The number of hydrogen-bond donors (Lipinski definition) is 2. The van der Waals surface area contributed by atoms with Crippen LogP contribution in [0.4, 0.5) is 4.39 Å². The van der Waals surface area contributed by atoms with Crippen molar-refractivity contribution >= 4 is 37.3 Å². The Morgan fingerprint density at radius 1 is 1.48 bits per heavy atom. The zero-order valence-corrected chi connectivity index (χ0v) is 14.1. The summed E-state index contributed by atoms with van der Waals surface area (Å²) in [7, 11) is -4.03. The van der Waals surface area contributed by atoms with Gasteiger partial charge in [0, 0.05) is 21.1 Å². The predicted octanol–water partition coefficient (Wildman–Crippen LogP) is 2.32. The Morgan fingerprint density at radius 2 is 2.19 bits per heavy atom. The van der Waals surface area contributed by atoms with Gasteiger partial charge in [0.05, 0.1) is 13.2 Å². The molecule has 0 spiro atoms. The van der Waals surface area contributed by atoms with E-state index in [0.29, 0.717) is 9.48 Å². The Hall–Kier alpha value is -0.870. The molecule has 0 bridgehead atoms. The molecule has 114 valence electrons. The highest BCUT2D eigenvalue weighted by Gasteiger charge is 2.22. The first-order valence-electron chi connectivity index (χ1n) is 5.83. The van der Waals surface area contributed by atoms with Crippen LogP contribution in [0.15, 0.2) is 27.7 Å². The molecule has 2 N–H and O–H groups in total. The minimum absolute atomic E-state index is 0.0126. The molecule has 21 heavy (non-hydrogen) atoms. The number of aliphatic hydroxyl groups excluding tert-OH is 1. The van der Waals surface area contributed by atoms with Crippen molar-refractivity contribution in [2.24, 2.45) is 0 Å². The molecule has 0 unspecified atom stereocenters. The molecule has 0 aliphatic heterocycles. The van der Waals surface area contributed by atoms with Gasteiger partial charge in [0.2, 0.25) is 10.0 Å². The minimum Gasteiger partial charge on any atom is -0.392 e. The van der Waals surface area contributed by atoms with E-state index in [4.69, 9.17) is 5.11 Å². The molecule has 2 rings (SSSR count). The molecule has 0 fully saturated rings. The first-order valence-corrected chi connectivity index (χ1v) is 8.92. The van der Waals surface area contributed by atoms with Crippen molar-refractivity contribution in [2.75, 3.05) is 0 Å². The summed E-state index contributed by atoms with van der Waals surface area (Å²) in [5.74, 6) is -0.955. The van der Waals surface area contributed by atoms with Gasteiger partial charge in [0.25, 0.3) is 0 Å². The summed E-state index contributed by atoms with van der Waals surface area (Å²) in [6, 6.07) is 2.49. The molecular weight excluding hydrogens is 383 g/mol. The largest absolute Gasteiger partial charge is 0.392 e. The van der Waals surface area contributed by atoms with Gasteiger partial charge < -0.3 is 5.11 Å². The molecule has 0 saturated carbocycles. The zero-order valence-electron chi connectivity index (χ0n) is 10.9. The Bertz CT molecular complexity index is 762. The van der Waals surface area contributed by atoms with Gasteiger partial charge in [-0.15, -0.1) is 11.3 Å². The summed E-state index contributed by atoms with van der Waals surface area (Å²) in [5, 5.41) is 9.65. The maximum absolute atomic E-state index is 14.1. The fourth-order valence-electron chi connectivity index (χ4n) is 1.65. The van der Waals surface area contributed by atoms with E-state index in [9.17, 15) is 12.8 Å². The normalized spacial score (nSPS) is 11.8. The summed E-state index contributed by atoms with van der Waals surface area (Å²) in [6.07, 6.45) is 1.64. The fraction of sp³-hybridized carbons (Fsp3) is 0.250. The first-order chi connectivity index (χ1) is 9.83. The minimum atomic E-state index is -4.03. The average Bonchev–Trinajstić information content (AvgIpc) is 2.84. The van der Waals surface area contributed by atoms with Crippen LogP contribution in [0.5, 0.6) is 0 Å². The lowest BCUT2D eigenvalue weighted by molar-refractivity contribution is 0.274. The van der Waals surface area contributed by atoms with Crippen LogP contribution in [0.3, 0.4) is 0 Å². The predicted molar refractivity (Wildman–Crippen MR) is 80.9 cm³/mol. The number of thiazole rings is 1. The molecule has 0 radical (unpaired) electrons. The van der Waals surface area contributed by atoms with Gasteiger partial charge in [0.1, 0.15) is 15.7 Å². The molecule has 1 aromatic carbocycles. The van der Waals surface area contributed by atoms with E-state index in [-0.39, 0.29) is 12.1 Å². The van der Waals surface area contributed by atoms with Gasteiger partial charge in [-0.2, -0.15) is 0 Å². The number of rotatable bonds is 5. The number of halogens is 2.